The predicted molar refractivity (Wildman–Crippen MR) is 102 cm³/mol. The van der Waals surface area contributed by atoms with Crippen molar-refractivity contribution in [3.63, 3.8) is 0 Å². The van der Waals surface area contributed by atoms with Gasteiger partial charge in [-0.1, -0.05) is 12.1 Å². The minimum absolute atomic E-state index is 0.306. The Morgan fingerprint density at radius 1 is 1.15 bits per heavy atom. The topological polar surface area (TPSA) is 62.4 Å². The molecule has 1 N–H and O–H groups in total. The maximum absolute atomic E-state index is 13.1. The van der Waals surface area contributed by atoms with Crippen molar-refractivity contribution in [2.24, 2.45) is 0 Å². The van der Waals surface area contributed by atoms with Crippen LogP contribution in [-0.2, 0) is 23.0 Å². The van der Waals surface area contributed by atoms with Gasteiger partial charge < -0.3 is 9.72 Å². The monoisotopic (exact) mass is 370 g/mol. The molecule has 0 fully saturated rings. The highest BCUT2D eigenvalue weighted by Gasteiger charge is 2.30. The van der Waals surface area contributed by atoms with Crippen molar-refractivity contribution < 1.29 is 13.2 Å². The first-order valence-corrected chi connectivity index (χ1v) is 10.3. The van der Waals surface area contributed by atoms with E-state index in [1.54, 1.807) is 28.6 Å². The average Bonchev–Trinajstić information content (AvgIpc) is 2.99. The van der Waals surface area contributed by atoms with E-state index in [4.69, 9.17) is 4.74 Å². The van der Waals surface area contributed by atoms with Crippen LogP contribution in [0, 0.1) is 6.92 Å². The van der Waals surface area contributed by atoms with E-state index in [-0.39, 0.29) is 0 Å². The number of aromatic nitrogens is 1. The maximum Gasteiger partial charge on any atom is 0.243 e. The number of ether oxygens (including phenoxy) is 1. The number of sulfonamides is 1. The molecular weight excluding hydrogens is 348 g/mol. The van der Waals surface area contributed by atoms with E-state index >= 15 is 0 Å². The molecule has 0 saturated carbocycles. The molecule has 5 nitrogen and oxygen atoms in total. The molecule has 1 aliphatic heterocycles. The standard InChI is InChI=1S/C20H22N2O3S/c1-3-25-15-5-7-16(8-6-15)26(23,24)22-11-10-19-18(13-22)17-9-4-14(2)12-20(17)21-19/h4-9,12,21H,3,10-11,13H2,1-2H3. The van der Waals surface area contributed by atoms with Gasteiger partial charge in [-0.15, -0.1) is 0 Å². The molecule has 26 heavy (non-hydrogen) atoms. The third-order valence-corrected chi connectivity index (χ3v) is 6.73. The number of hydrogen-bond acceptors (Lipinski definition) is 3. The summed E-state index contributed by atoms with van der Waals surface area (Å²) >= 11 is 0. The molecule has 0 bridgehead atoms. The van der Waals surface area contributed by atoms with E-state index in [1.165, 1.54) is 5.56 Å². The number of rotatable bonds is 4. The second-order valence-corrected chi connectivity index (χ2v) is 8.56. The van der Waals surface area contributed by atoms with Gasteiger partial charge in [-0.05, 0) is 55.3 Å². The lowest BCUT2D eigenvalue weighted by atomic mass is 10.1. The number of aromatic amines is 1. The molecule has 3 aromatic rings. The van der Waals surface area contributed by atoms with Gasteiger partial charge in [0.05, 0.1) is 11.5 Å². The number of hydrogen-bond donors (Lipinski definition) is 1. The molecule has 0 aliphatic carbocycles. The van der Waals surface area contributed by atoms with Gasteiger partial charge in [0.25, 0.3) is 0 Å². The second-order valence-electron chi connectivity index (χ2n) is 6.62. The molecule has 6 heteroatoms. The van der Waals surface area contributed by atoms with Crippen molar-refractivity contribution in [1.82, 2.24) is 9.29 Å². The Balaban J connectivity index is 1.66. The fourth-order valence-electron chi connectivity index (χ4n) is 3.54. The lowest BCUT2D eigenvalue weighted by molar-refractivity contribution is 0.340. The number of benzene rings is 2. The summed E-state index contributed by atoms with van der Waals surface area (Å²) in [5, 5.41) is 1.11. The van der Waals surface area contributed by atoms with Gasteiger partial charge >= 0.3 is 0 Å². The van der Waals surface area contributed by atoms with Crippen LogP contribution < -0.4 is 4.74 Å². The third kappa shape index (κ3) is 2.89. The molecule has 0 unspecified atom stereocenters. The fraction of sp³-hybridized carbons (Fsp3) is 0.300. The van der Waals surface area contributed by atoms with Gasteiger partial charge in [-0.3, -0.25) is 0 Å². The number of nitrogens with one attached hydrogen (secondary N) is 1. The zero-order valence-corrected chi connectivity index (χ0v) is 15.8. The molecule has 4 rings (SSSR count). The van der Waals surface area contributed by atoms with Crippen molar-refractivity contribution in [3.8, 4) is 5.75 Å². The molecule has 136 valence electrons. The minimum Gasteiger partial charge on any atom is -0.494 e. The molecule has 0 amide bonds. The lowest BCUT2D eigenvalue weighted by Crippen LogP contribution is -2.35. The van der Waals surface area contributed by atoms with E-state index in [9.17, 15) is 8.42 Å². The highest BCUT2D eigenvalue weighted by Crippen LogP contribution is 2.31. The SMILES string of the molecule is CCOc1ccc(S(=O)(=O)N2CCc3[nH]c4cc(C)ccc4c3C2)cc1. The summed E-state index contributed by atoms with van der Waals surface area (Å²) in [7, 11) is -3.53. The van der Waals surface area contributed by atoms with Crippen molar-refractivity contribution >= 4 is 20.9 Å². The number of fused-ring (bicyclic) bond motifs is 3. The predicted octanol–water partition coefficient (Wildman–Crippen LogP) is 3.62. The largest absolute Gasteiger partial charge is 0.494 e. The zero-order valence-electron chi connectivity index (χ0n) is 15.0. The summed E-state index contributed by atoms with van der Waals surface area (Å²) in [5.41, 5.74) is 4.50. The maximum atomic E-state index is 13.1. The van der Waals surface area contributed by atoms with E-state index in [0.29, 0.717) is 36.8 Å². The Bertz CT molecular complexity index is 1050. The molecule has 0 atom stereocenters. The van der Waals surface area contributed by atoms with Crippen LogP contribution in [0.4, 0.5) is 0 Å². The Labute approximate surface area is 153 Å². The van der Waals surface area contributed by atoms with Gasteiger partial charge in [0.2, 0.25) is 10.0 Å². The van der Waals surface area contributed by atoms with Gasteiger partial charge in [0.15, 0.2) is 0 Å². The summed E-state index contributed by atoms with van der Waals surface area (Å²) in [6, 6.07) is 12.9. The summed E-state index contributed by atoms with van der Waals surface area (Å²) in [6.45, 7) is 5.39. The Hall–Kier alpha value is -2.31. The zero-order chi connectivity index (χ0) is 18.3. The molecule has 1 aromatic heterocycles. The van der Waals surface area contributed by atoms with Crippen molar-refractivity contribution in [3.05, 3.63) is 59.3 Å². The van der Waals surface area contributed by atoms with E-state index in [0.717, 1.165) is 22.2 Å². The highest BCUT2D eigenvalue weighted by molar-refractivity contribution is 7.89. The van der Waals surface area contributed by atoms with Crippen LogP contribution in [0.5, 0.6) is 5.75 Å². The molecular formula is C20H22N2O3S. The van der Waals surface area contributed by atoms with Crippen LogP contribution in [0.15, 0.2) is 47.4 Å². The van der Waals surface area contributed by atoms with Crippen LogP contribution in [0.25, 0.3) is 10.9 Å². The summed E-state index contributed by atoms with van der Waals surface area (Å²) < 4.78 is 33.1. The van der Waals surface area contributed by atoms with Crippen LogP contribution in [0.1, 0.15) is 23.7 Å². The molecule has 0 spiro atoms. The first-order chi connectivity index (χ1) is 12.5. The summed E-state index contributed by atoms with van der Waals surface area (Å²) in [4.78, 5) is 3.76. The van der Waals surface area contributed by atoms with Gasteiger partial charge in [0, 0.05) is 36.1 Å². The van der Waals surface area contributed by atoms with E-state index in [1.807, 2.05) is 6.92 Å². The first kappa shape index (κ1) is 17.1. The third-order valence-electron chi connectivity index (χ3n) is 4.87. The van der Waals surface area contributed by atoms with Crippen molar-refractivity contribution in [2.45, 2.75) is 31.7 Å². The smallest absolute Gasteiger partial charge is 0.243 e. The summed E-state index contributed by atoms with van der Waals surface area (Å²) in [5.74, 6) is 0.680. The van der Waals surface area contributed by atoms with E-state index in [2.05, 4.69) is 30.1 Å². The Kier molecular flexibility index (Phi) is 4.25. The normalized spacial score (nSPS) is 15.2. The Morgan fingerprint density at radius 2 is 1.92 bits per heavy atom. The molecule has 0 radical (unpaired) electrons. The van der Waals surface area contributed by atoms with Gasteiger partial charge in [-0.25, -0.2) is 8.42 Å². The van der Waals surface area contributed by atoms with Gasteiger partial charge in [0.1, 0.15) is 5.75 Å². The molecule has 2 aromatic carbocycles. The number of nitrogens with zero attached hydrogens (tertiary/aromatic N) is 1. The quantitative estimate of drug-likeness (QED) is 0.763. The Morgan fingerprint density at radius 3 is 2.65 bits per heavy atom. The van der Waals surface area contributed by atoms with Crippen molar-refractivity contribution in [1.29, 1.82) is 0 Å². The average molecular weight is 370 g/mol. The fourth-order valence-corrected chi connectivity index (χ4v) is 4.95. The number of aryl methyl sites for hydroxylation is 1. The van der Waals surface area contributed by atoms with Crippen molar-refractivity contribution in [2.75, 3.05) is 13.2 Å². The number of H-pyrrole nitrogens is 1. The lowest BCUT2D eigenvalue weighted by Gasteiger charge is -2.26. The van der Waals surface area contributed by atoms with Crippen LogP contribution in [0.3, 0.4) is 0 Å². The second kappa shape index (κ2) is 6.45. The molecule has 1 aliphatic rings. The van der Waals surface area contributed by atoms with Crippen LogP contribution in [0.2, 0.25) is 0 Å². The molecule has 0 saturated heterocycles. The molecule has 2 heterocycles. The van der Waals surface area contributed by atoms with Crippen LogP contribution >= 0.6 is 0 Å². The van der Waals surface area contributed by atoms with E-state index < -0.39 is 10.0 Å². The minimum atomic E-state index is -3.53. The van der Waals surface area contributed by atoms with Crippen LogP contribution in [-0.4, -0.2) is 30.9 Å². The summed E-state index contributed by atoms with van der Waals surface area (Å²) in [6.07, 6.45) is 0.694. The highest BCUT2D eigenvalue weighted by atomic mass is 32.2. The van der Waals surface area contributed by atoms with Gasteiger partial charge in [-0.2, -0.15) is 4.31 Å². The first-order valence-electron chi connectivity index (χ1n) is 8.82.